The number of carbonyl (C=O) groups is 2. The van der Waals surface area contributed by atoms with Gasteiger partial charge < -0.3 is 5.73 Å². The fourth-order valence-electron chi connectivity index (χ4n) is 1.17. The third-order valence-corrected chi connectivity index (χ3v) is 2.41. The van der Waals surface area contributed by atoms with Crippen LogP contribution in [0.2, 0.25) is 0 Å². The zero-order valence-electron chi connectivity index (χ0n) is 10.0. The number of amides is 2. The first kappa shape index (κ1) is 14.9. The van der Waals surface area contributed by atoms with Crippen molar-refractivity contribution in [2.75, 3.05) is 17.6 Å². The van der Waals surface area contributed by atoms with Gasteiger partial charge in [-0.15, -0.1) is 0 Å². The molecule has 0 spiro atoms. The molecular weight excluding hydrogens is 274 g/mol. The van der Waals surface area contributed by atoms with Crippen LogP contribution in [-0.2, 0) is 19.7 Å². The highest BCUT2D eigenvalue weighted by Crippen LogP contribution is 2.11. The van der Waals surface area contributed by atoms with E-state index in [4.69, 9.17) is 5.73 Å². The number of nitrogens with one attached hydrogen (secondary N) is 2. The molecule has 2 amide bonds. The molecule has 0 heterocycles. The Morgan fingerprint density at radius 2 is 2.05 bits per heavy atom. The first-order valence-electron chi connectivity index (χ1n) is 5.06. The van der Waals surface area contributed by atoms with Crippen LogP contribution in [0.25, 0.3) is 0 Å². The minimum absolute atomic E-state index is 0.165. The Morgan fingerprint density at radius 3 is 2.63 bits per heavy atom. The molecule has 1 aromatic carbocycles. The summed E-state index contributed by atoms with van der Waals surface area (Å²) < 4.78 is 24.3. The van der Waals surface area contributed by atoms with E-state index in [1.165, 1.54) is 24.3 Å². The molecule has 0 saturated heterocycles. The summed E-state index contributed by atoms with van der Waals surface area (Å²) >= 11 is 0. The summed E-state index contributed by atoms with van der Waals surface area (Å²) in [4.78, 5) is 26.5. The molecule has 4 N–H and O–H groups in total. The smallest absolute Gasteiger partial charge is 0.274 e. The van der Waals surface area contributed by atoms with E-state index in [-0.39, 0.29) is 11.3 Å². The van der Waals surface area contributed by atoms with Gasteiger partial charge in [-0.3, -0.25) is 19.1 Å². The minimum Gasteiger partial charge on any atom is -0.368 e. The van der Waals surface area contributed by atoms with Crippen molar-refractivity contribution in [3.05, 3.63) is 29.8 Å². The Balaban J connectivity index is 2.70. The highest BCUT2D eigenvalue weighted by Gasteiger charge is 2.08. The van der Waals surface area contributed by atoms with E-state index >= 15 is 0 Å². The molecule has 0 aliphatic heterocycles. The average Bonchev–Trinajstić information content (AvgIpc) is 2.26. The number of carbonyl (C=O) groups excluding carboxylic acids is 2. The van der Waals surface area contributed by atoms with Crippen LogP contribution >= 0.6 is 0 Å². The van der Waals surface area contributed by atoms with Gasteiger partial charge in [0, 0.05) is 11.3 Å². The number of hydrogen-bond donors (Lipinski definition) is 3. The Morgan fingerprint density at radius 1 is 1.37 bits per heavy atom. The lowest BCUT2D eigenvalue weighted by atomic mass is 10.2. The lowest BCUT2D eigenvalue weighted by Gasteiger charge is -2.07. The van der Waals surface area contributed by atoms with E-state index in [2.05, 4.69) is 9.56 Å². The van der Waals surface area contributed by atoms with Crippen LogP contribution in [0.1, 0.15) is 10.4 Å². The summed E-state index contributed by atoms with van der Waals surface area (Å²) in [5.74, 6) is -1.36. The average molecular weight is 287 g/mol. The van der Waals surface area contributed by atoms with Crippen molar-refractivity contribution in [3.8, 4) is 0 Å². The van der Waals surface area contributed by atoms with Crippen LogP contribution in [0, 0.1) is 0 Å². The van der Waals surface area contributed by atoms with Gasteiger partial charge in [-0.2, -0.15) is 0 Å². The maximum absolute atomic E-state index is 11.6. The molecule has 0 bridgehead atoms. The minimum atomic E-state index is -3.42. The van der Waals surface area contributed by atoms with Crippen molar-refractivity contribution >= 4 is 27.5 Å². The number of hydrogen-bond acceptors (Lipinski definition) is 5. The molecule has 0 saturated carbocycles. The molecule has 1 aromatic rings. The second kappa shape index (κ2) is 6.16. The summed E-state index contributed by atoms with van der Waals surface area (Å²) in [6.45, 7) is -0.451. The fraction of sp³-hybridized carbons (Fsp3) is 0.200. The predicted molar refractivity (Wildman–Crippen MR) is 67.5 cm³/mol. The van der Waals surface area contributed by atoms with Gasteiger partial charge in [0.25, 0.3) is 5.91 Å². The molecule has 1 rings (SSSR count). The fourth-order valence-corrected chi connectivity index (χ4v) is 1.72. The summed E-state index contributed by atoms with van der Waals surface area (Å²) in [6, 6.07) is 5.76. The summed E-state index contributed by atoms with van der Waals surface area (Å²) in [6.07, 6.45) is 0.996. The number of nitrogens with two attached hydrogens (primary N) is 1. The standard InChI is InChI=1S/C10H13N3O5S/c1-19(16,17)13-8-4-2-3-7(5-8)10(15)12-18-6-9(11)14/h2-5,13H,6H2,1H3,(H2,11,14)(H,12,15). The predicted octanol–water partition coefficient (Wildman–Crippen LogP) is -0.795. The third-order valence-electron chi connectivity index (χ3n) is 1.81. The Labute approximate surface area is 109 Å². The molecule has 0 aromatic heterocycles. The van der Waals surface area contributed by atoms with Crippen LogP contribution in [0.3, 0.4) is 0 Å². The van der Waals surface area contributed by atoms with Crippen molar-refractivity contribution in [3.63, 3.8) is 0 Å². The van der Waals surface area contributed by atoms with Crippen molar-refractivity contribution in [2.24, 2.45) is 5.73 Å². The molecule has 0 aliphatic rings. The second-order valence-corrected chi connectivity index (χ2v) is 5.39. The van der Waals surface area contributed by atoms with Gasteiger partial charge in [-0.1, -0.05) is 6.07 Å². The highest BCUT2D eigenvalue weighted by molar-refractivity contribution is 7.92. The Hall–Kier alpha value is -2.13. The maximum Gasteiger partial charge on any atom is 0.274 e. The second-order valence-electron chi connectivity index (χ2n) is 3.64. The highest BCUT2D eigenvalue weighted by atomic mass is 32.2. The number of hydroxylamine groups is 1. The first-order valence-corrected chi connectivity index (χ1v) is 6.95. The number of benzene rings is 1. The zero-order chi connectivity index (χ0) is 14.5. The molecule has 8 nitrogen and oxygen atoms in total. The monoisotopic (exact) mass is 287 g/mol. The van der Waals surface area contributed by atoms with Crippen LogP contribution < -0.4 is 15.9 Å². The lowest BCUT2D eigenvalue weighted by Crippen LogP contribution is -2.29. The van der Waals surface area contributed by atoms with Crippen LogP contribution in [0.4, 0.5) is 5.69 Å². The van der Waals surface area contributed by atoms with Crippen molar-refractivity contribution in [1.29, 1.82) is 0 Å². The van der Waals surface area contributed by atoms with E-state index in [0.717, 1.165) is 6.26 Å². The van der Waals surface area contributed by atoms with E-state index < -0.39 is 28.4 Å². The lowest BCUT2D eigenvalue weighted by molar-refractivity contribution is -0.124. The third kappa shape index (κ3) is 5.84. The molecule has 19 heavy (non-hydrogen) atoms. The zero-order valence-corrected chi connectivity index (χ0v) is 10.9. The van der Waals surface area contributed by atoms with Gasteiger partial charge >= 0.3 is 0 Å². The Kier molecular flexibility index (Phi) is 4.84. The Bertz CT molecular complexity index is 585. The molecule has 0 aliphatic carbocycles. The van der Waals surface area contributed by atoms with E-state index in [9.17, 15) is 18.0 Å². The van der Waals surface area contributed by atoms with E-state index in [1.54, 1.807) is 0 Å². The largest absolute Gasteiger partial charge is 0.368 e. The quantitative estimate of drug-likeness (QED) is 0.590. The van der Waals surface area contributed by atoms with Gasteiger partial charge in [0.1, 0.15) is 0 Å². The van der Waals surface area contributed by atoms with Gasteiger partial charge in [0.05, 0.1) is 6.26 Å². The number of rotatable bonds is 6. The van der Waals surface area contributed by atoms with Crippen molar-refractivity contribution < 1.29 is 22.8 Å². The molecule has 104 valence electrons. The molecule has 9 heteroatoms. The van der Waals surface area contributed by atoms with Gasteiger partial charge in [0.2, 0.25) is 15.9 Å². The molecule has 0 unspecified atom stereocenters. The number of primary amides is 1. The maximum atomic E-state index is 11.6. The topological polar surface area (TPSA) is 128 Å². The normalized spacial score (nSPS) is 10.8. The van der Waals surface area contributed by atoms with Crippen molar-refractivity contribution in [1.82, 2.24) is 5.48 Å². The van der Waals surface area contributed by atoms with Crippen LogP contribution in [0.5, 0.6) is 0 Å². The SMILES string of the molecule is CS(=O)(=O)Nc1cccc(C(=O)NOCC(N)=O)c1. The summed E-state index contributed by atoms with van der Waals surface area (Å²) in [7, 11) is -3.42. The van der Waals surface area contributed by atoms with E-state index in [0.29, 0.717) is 0 Å². The van der Waals surface area contributed by atoms with Crippen LogP contribution in [-0.4, -0.2) is 33.1 Å². The number of anilines is 1. The van der Waals surface area contributed by atoms with Crippen LogP contribution in [0.15, 0.2) is 24.3 Å². The molecular formula is C10H13N3O5S. The number of sulfonamides is 1. The summed E-state index contributed by atoms with van der Waals surface area (Å²) in [5, 5.41) is 0. The summed E-state index contributed by atoms with van der Waals surface area (Å²) in [5.41, 5.74) is 7.23. The van der Waals surface area contributed by atoms with Crippen molar-refractivity contribution in [2.45, 2.75) is 0 Å². The molecule has 0 radical (unpaired) electrons. The van der Waals surface area contributed by atoms with Gasteiger partial charge in [0.15, 0.2) is 6.61 Å². The van der Waals surface area contributed by atoms with Gasteiger partial charge in [-0.05, 0) is 18.2 Å². The van der Waals surface area contributed by atoms with Gasteiger partial charge in [-0.25, -0.2) is 13.9 Å². The first-order chi connectivity index (χ1) is 8.78. The molecule has 0 atom stereocenters. The molecule has 0 fully saturated rings. The van der Waals surface area contributed by atoms with E-state index in [1.807, 2.05) is 5.48 Å².